The van der Waals surface area contributed by atoms with Gasteiger partial charge in [0.2, 0.25) is 0 Å². The second kappa shape index (κ2) is 8.64. The van der Waals surface area contributed by atoms with Crippen LogP contribution in [0, 0.1) is 0 Å². The molecule has 0 saturated heterocycles. The third-order valence-electron chi connectivity index (χ3n) is 4.37. The van der Waals surface area contributed by atoms with Gasteiger partial charge < -0.3 is 14.8 Å². The van der Waals surface area contributed by atoms with Crippen molar-refractivity contribution in [2.75, 3.05) is 18.5 Å². The maximum atomic E-state index is 12.6. The largest absolute Gasteiger partial charge is 0.490 e. The molecule has 0 radical (unpaired) electrons. The minimum Gasteiger partial charge on any atom is -0.490 e. The fourth-order valence-corrected chi connectivity index (χ4v) is 3.08. The van der Waals surface area contributed by atoms with Crippen molar-refractivity contribution in [3.8, 4) is 11.5 Å². The number of fused-ring (bicyclic) bond motifs is 1. The van der Waals surface area contributed by atoms with E-state index >= 15 is 0 Å². The molecule has 1 N–H and O–H groups in total. The molecule has 1 amide bonds. The number of ether oxygens (including phenoxy) is 2. The molecule has 154 valence electrons. The highest BCUT2D eigenvalue weighted by atomic mass is 16.5. The molecule has 0 fully saturated rings. The molecule has 0 unspecified atom stereocenters. The number of carbonyl (C=O) groups is 1. The van der Waals surface area contributed by atoms with Crippen LogP contribution in [0.25, 0.3) is 5.65 Å². The summed E-state index contributed by atoms with van der Waals surface area (Å²) in [5, 5.41) is 11.3. The second-order valence-electron chi connectivity index (χ2n) is 6.47. The van der Waals surface area contributed by atoms with Crippen molar-refractivity contribution in [3.63, 3.8) is 0 Å². The van der Waals surface area contributed by atoms with E-state index in [1.807, 2.05) is 32.0 Å². The van der Waals surface area contributed by atoms with Crippen molar-refractivity contribution in [3.05, 3.63) is 66.4 Å². The average Bonchev–Trinajstić information content (AvgIpc) is 3.37. The number of nitrogens with one attached hydrogen (secondary N) is 1. The third kappa shape index (κ3) is 4.09. The number of hydrogen-bond acceptors (Lipinski definition) is 6. The first-order chi connectivity index (χ1) is 14.7. The van der Waals surface area contributed by atoms with E-state index in [2.05, 4.69) is 20.5 Å². The predicted octanol–water partition coefficient (Wildman–Crippen LogP) is 3.02. The van der Waals surface area contributed by atoms with E-state index in [9.17, 15) is 4.79 Å². The molecule has 1 aromatic carbocycles. The molecule has 0 spiro atoms. The number of amides is 1. The van der Waals surface area contributed by atoms with Crippen LogP contribution in [0.4, 0.5) is 5.69 Å². The summed E-state index contributed by atoms with van der Waals surface area (Å²) >= 11 is 0. The van der Waals surface area contributed by atoms with Crippen LogP contribution in [-0.4, -0.2) is 43.5 Å². The smallest absolute Gasteiger partial charge is 0.261 e. The minimum atomic E-state index is -0.289. The van der Waals surface area contributed by atoms with Crippen molar-refractivity contribution in [1.29, 1.82) is 0 Å². The van der Waals surface area contributed by atoms with Gasteiger partial charge in [-0.15, -0.1) is 0 Å². The molecule has 30 heavy (non-hydrogen) atoms. The number of rotatable bonds is 8. The molecule has 3 aromatic heterocycles. The van der Waals surface area contributed by atoms with Gasteiger partial charge in [0.05, 0.1) is 37.8 Å². The van der Waals surface area contributed by atoms with Crippen LogP contribution in [-0.2, 0) is 6.54 Å². The molecule has 0 bridgehead atoms. The third-order valence-corrected chi connectivity index (χ3v) is 4.37. The van der Waals surface area contributed by atoms with Gasteiger partial charge in [-0.3, -0.25) is 9.48 Å². The standard InChI is InChI=1S/C21H22N6O3/c1-3-29-18-7-6-15(10-19(18)30-4-2)13-26-14-16(11-23-26)25-21(28)17-12-24-27-9-5-8-22-20(17)27/h5-12,14H,3-4,13H2,1-2H3,(H,25,28). The Morgan fingerprint density at radius 2 is 1.93 bits per heavy atom. The Balaban J connectivity index is 1.46. The first kappa shape index (κ1) is 19.4. The van der Waals surface area contributed by atoms with Crippen molar-refractivity contribution < 1.29 is 14.3 Å². The Morgan fingerprint density at radius 3 is 2.77 bits per heavy atom. The number of anilines is 1. The van der Waals surface area contributed by atoms with Crippen LogP contribution in [0.1, 0.15) is 29.8 Å². The summed E-state index contributed by atoms with van der Waals surface area (Å²) in [5.74, 6) is 1.14. The zero-order chi connectivity index (χ0) is 20.9. The van der Waals surface area contributed by atoms with Crippen LogP contribution in [0.5, 0.6) is 11.5 Å². The first-order valence-electron chi connectivity index (χ1n) is 9.68. The summed E-state index contributed by atoms with van der Waals surface area (Å²) in [6.07, 6.45) is 8.24. The molecule has 0 atom stereocenters. The summed E-state index contributed by atoms with van der Waals surface area (Å²) in [5.41, 5.74) is 2.50. The highest BCUT2D eigenvalue weighted by Gasteiger charge is 2.15. The summed E-state index contributed by atoms with van der Waals surface area (Å²) in [7, 11) is 0. The van der Waals surface area contributed by atoms with Gasteiger partial charge in [0.15, 0.2) is 17.1 Å². The molecule has 3 heterocycles. The quantitative estimate of drug-likeness (QED) is 0.483. The SMILES string of the molecule is CCOc1ccc(Cn2cc(NC(=O)c3cnn4cccnc34)cn2)cc1OCC. The van der Waals surface area contributed by atoms with Gasteiger partial charge in [-0.05, 0) is 37.6 Å². The summed E-state index contributed by atoms with van der Waals surface area (Å²) in [4.78, 5) is 16.8. The van der Waals surface area contributed by atoms with Gasteiger partial charge in [0.25, 0.3) is 5.91 Å². The topological polar surface area (TPSA) is 95.6 Å². The van der Waals surface area contributed by atoms with Crippen LogP contribution in [0.2, 0.25) is 0 Å². The minimum absolute atomic E-state index is 0.289. The molecule has 0 aliphatic rings. The van der Waals surface area contributed by atoms with Crippen molar-refractivity contribution in [1.82, 2.24) is 24.4 Å². The van der Waals surface area contributed by atoms with E-state index in [0.29, 0.717) is 42.4 Å². The fraction of sp³-hybridized carbons (Fsp3) is 0.238. The van der Waals surface area contributed by atoms with Gasteiger partial charge in [0, 0.05) is 18.6 Å². The fourth-order valence-electron chi connectivity index (χ4n) is 3.08. The molecular formula is C21H22N6O3. The number of carbonyl (C=O) groups excluding carboxylic acids is 1. The summed E-state index contributed by atoms with van der Waals surface area (Å²) in [6, 6.07) is 7.56. The maximum absolute atomic E-state index is 12.6. The Bertz CT molecular complexity index is 1170. The molecule has 0 saturated carbocycles. The van der Waals surface area contributed by atoms with E-state index in [-0.39, 0.29) is 5.91 Å². The number of hydrogen-bond donors (Lipinski definition) is 1. The number of aromatic nitrogens is 5. The maximum Gasteiger partial charge on any atom is 0.261 e. The Hall–Kier alpha value is -3.88. The van der Waals surface area contributed by atoms with E-state index in [4.69, 9.17) is 9.47 Å². The van der Waals surface area contributed by atoms with Crippen molar-refractivity contribution in [2.24, 2.45) is 0 Å². The lowest BCUT2D eigenvalue weighted by atomic mass is 10.2. The van der Waals surface area contributed by atoms with E-state index < -0.39 is 0 Å². The molecule has 4 aromatic rings. The van der Waals surface area contributed by atoms with Gasteiger partial charge in [-0.1, -0.05) is 6.07 Å². The molecule has 0 aliphatic heterocycles. The van der Waals surface area contributed by atoms with Gasteiger partial charge in [0.1, 0.15) is 5.56 Å². The first-order valence-corrected chi connectivity index (χ1v) is 9.68. The van der Waals surface area contributed by atoms with E-state index in [0.717, 1.165) is 11.3 Å². The van der Waals surface area contributed by atoms with Crippen LogP contribution >= 0.6 is 0 Å². The van der Waals surface area contributed by atoms with Gasteiger partial charge in [-0.2, -0.15) is 10.2 Å². The Morgan fingerprint density at radius 1 is 1.10 bits per heavy atom. The zero-order valence-electron chi connectivity index (χ0n) is 16.8. The average molecular weight is 406 g/mol. The van der Waals surface area contributed by atoms with Crippen molar-refractivity contribution >= 4 is 17.2 Å². The van der Waals surface area contributed by atoms with Crippen LogP contribution in [0.15, 0.2) is 55.2 Å². The normalized spacial score (nSPS) is 10.9. The monoisotopic (exact) mass is 406 g/mol. The molecule has 9 heteroatoms. The molecular weight excluding hydrogens is 384 g/mol. The molecule has 4 rings (SSSR count). The van der Waals surface area contributed by atoms with Gasteiger partial charge in [-0.25, -0.2) is 9.50 Å². The molecule has 9 nitrogen and oxygen atoms in total. The Labute approximate surface area is 173 Å². The van der Waals surface area contributed by atoms with Crippen LogP contribution < -0.4 is 14.8 Å². The predicted molar refractivity (Wildman–Crippen MR) is 111 cm³/mol. The number of benzene rings is 1. The Kier molecular flexibility index (Phi) is 5.60. The van der Waals surface area contributed by atoms with E-state index in [1.54, 1.807) is 40.1 Å². The molecule has 0 aliphatic carbocycles. The lowest BCUT2D eigenvalue weighted by Gasteiger charge is -2.12. The highest BCUT2D eigenvalue weighted by molar-refractivity contribution is 6.07. The van der Waals surface area contributed by atoms with E-state index in [1.165, 1.54) is 6.20 Å². The van der Waals surface area contributed by atoms with Crippen LogP contribution in [0.3, 0.4) is 0 Å². The summed E-state index contributed by atoms with van der Waals surface area (Å²) < 4.78 is 14.6. The van der Waals surface area contributed by atoms with Crippen molar-refractivity contribution in [2.45, 2.75) is 20.4 Å². The number of nitrogens with zero attached hydrogens (tertiary/aromatic N) is 5. The lowest BCUT2D eigenvalue weighted by Crippen LogP contribution is -2.11. The lowest BCUT2D eigenvalue weighted by molar-refractivity contribution is 0.102. The van der Waals surface area contributed by atoms with Gasteiger partial charge >= 0.3 is 0 Å². The zero-order valence-corrected chi connectivity index (χ0v) is 16.8. The highest BCUT2D eigenvalue weighted by Crippen LogP contribution is 2.29. The summed E-state index contributed by atoms with van der Waals surface area (Å²) in [6.45, 7) is 5.53. The second-order valence-corrected chi connectivity index (χ2v) is 6.47.